The zero-order chi connectivity index (χ0) is 11.3. The zero-order valence-electron chi connectivity index (χ0n) is 9.91. The average molecular weight is 215 g/mol. The Labute approximate surface area is 91.5 Å². The molecular weight excluding hydrogens is 194 g/mol. The maximum absolute atomic E-state index is 11.7. The molecule has 0 N–H and O–H groups in total. The van der Waals surface area contributed by atoms with Gasteiger partial charge in [0, 0.05) is 0 Å². The van der Waals surface area contributed by atoms with E-state index in [4.69, 9.17) is 9.57 Å². The van der Waals surface area contributed by atoms with E-state index in [0.717, 1.165) is 19.3 Å². The SMILES string of the molecule is CC(C)(C)OC(=O)N1CCCCCCO1. The molecule has 0 bridgehead atoms. The second-order valence-electron chi connectivity index (χ2n) is 4.83. The van der Waals surface area contributed by atoms with Crippen LogP contribution in [-0.4, -0.2) is 29.9 Å². The van der Waals surface area contributed by atoms with Gasteiger partial charge in [0.15, 0.2) is 0 Å². The average Bonchev–Trinajstić information content (AvgIpc) is 1.98. The van der Waals surface area contributed by atoms with Crippen molar-refractivity contribution in [3.05, 3.63) is 0 Å². The number of carbonyl (C=O) groups excluding carboxylic acids is 1. The van der Waals surface area contributed by atoms with Crippen molar-refractivity contribution < 1.29 is 14.4 Å². The number of hydrogen-bond acceptors (Lipinski definition) is 3. The summed E-state index contributed by atoms with van der Waals surface area (Å²) in [6.45, 7) is 6.81. The number of carbonyl (C=O) groups is 1. The van der Waals surface area contributed by atoms with Crippen molar-refractivity contribution in [2.75, 3.05) is 13.2 Å². The van der Waals surface area contributed by atoms with E-state index in [2.05, 4.69) is 0 Å². The van der Waals surface area contributed by atoms with Crippen LogP contribution in [0.25, 0.3) is 0 Å². The molecule has 1 saturated heterocycles. The maximum atomic E-state index is 11.7. The molecule has 1 heterocycles. The summed E-state index contributed by atoms with van der Waals surface area (Å²) in [6, 6.07) is 0. The Kier molecular flexibility index (Phi) is 4.39. The predicted molar refractivity (Wildman–Crippen MR) is 57.4 cm³/mol. The van der Waals surface area contributed by atoms with Crippen LogP contribution in [0.5, 0.6) is 0 Å². The number of ether oxygens (including phenoxy) is 1. The molecule has 1 aliphatic rings. The summed E-state index contributed by atoms with van der Waals surface area (Å²) >= 11 is 0. The van der Waals surface area contributed by atoms with E-state index < -0.39 is 5.60 Å². The van der Waals surface area contributed by atoms with Crippen molar-refractivity contribution in [2.24, 2.45) is 0 Å². The summed E-state index contributed by atoms with van der Waals surface area (Å²) in [5, 5.41) is 1.35. The van der Waals surface area contributed by atoms with Crippen LogP contribution >= 0.6 is 0 Å². The number of rotatable bonds is 0. The molecule has 0 aromatic rings. The molecule has 0 unspecified atom stereocenters. The highest BCUT2D eigenvalue weighted by molar-refractivity contribution is 5.66. The predicted octanol–water partition coefficient (Wildman–Crippen LogP) is 2.73. The van der Waals surface area contributed by atoms with Gasteiger partial charge in [0.2, 0.25) is 0 Å². The van der Waals surface area contributed by atoms with Gasteiger partial charge >= 0.3 is 6.09 Å². The van der Waals surface area contributed by atoms with Gasteiger partial charge < -0.3 is 4.74 Å². The van der Waals surface area contributed by atoms with Gasteiger partial charge in [-0.1, -0.05) is 12.8 Å². The third-order valence-electron chi connectivity index (χ3n) is 2.10. The minimum atomic E-state index is -0.456. The smallest absolute Gasteiger partial charge is 0.434 e. The molecule has 1 amide bonds. The van der Waals surface area contributed by atoms with E-state index in [1.807, 2.05) is 20.8 Å². The molecule has 0 spiro atoms. The molecule has 4 nitrogen and oxygen atoms in total. The third-order valence-corrected chi connectivity index (χ3v) is 2.10. The van der Waals surface area contributed by atoms with Gasteiger partial charge in [-0.05, 0) is 33.6 Å². The van der Waals surface area contributed by atoms with Crippen molar-refractivity contribution in [1.82, 2.24) is 5.06 Å². The molecule has 1 aliphatic heterocycles. The minimum absolute atomic E-state index is 0.371. The van der Waals surface area contributed by atoms with Crippen LogP contribution in [-0.2, 0) is 9.57 Å². The number of hydrogen-bond donors (Lipinski definition) is 0. The van der Waals surface area contributed by atoms with Gasteiger partial charge in [0.1, 0.15) is 5.60 Å². The maximum Gasteiger partial charge on any atom is 0.434 e. The molecule has 88 valence electrons. The molecule has 0 saturated carbocycles. The molecular formula is C11H21NO3. The Bertz CT molecular complexity index is 202. The van der Waals surface area contributed by atoms with Gasteiger partial charge in [-0.2, -0.15) is 5.06 Å². The molecule has 15 heavy (non-hydrogen) atoms. The second kappa shape index (κ2) is 5.35. The van der Waals surface area contributed by atoms with Crippen molar-refractivity contribution >= 4 is 6.09 Å². The highest BCUT2D eigenvalue weighted by Crippen LogP contribution is 2.13. The first-order valence-corrected chi connectivity index (χ1v) is 5.62. The summed E-state index contributed by atoms with van der Waals surface area (Å²) in [5.41, 5.74) is -0.456. The lowest BCUT2D eigenvalue weighted by Gasteiger charge is -2.27. The molecule has 4 heteroatoms. The molecule has 0 aromatic heterocycles. The normalized spacial score (nSPS) is 19.3. The highest BCUT2D eigenvalue weighted by atomic mass is 16.7. The summed E-state index contributed by atoms with van der Waals surface area (Å²) in [5.74, 6) is 0. The van der Waals surface area contributed by atoms with E-state index in [1.165, 1.54) is 11.5 Å². The largest absolute Gasteiger partial charge is 0.442 e. The van der Waals surface area contributed by atoms with E-state index in [0.29, 0.717) is 13.2 Å². The lowest BCUT2D eigenvalue weighted by Crippen LogP contribution is -2.38. The van der Waals surface area contributed by atoms with Crippen LogP contribution in [0.1, 0.15) is 46.5 Å². The fraction of sp³-hybridized carbons (Fsp3) is 0.909. The second-order valence-corrected chi connectivity index (χ2v) is 4.83. The van der Waals surface area contributed by atoms with Gasteiger partial charge in [0.05, 0.1) is 13.2 Å². The van der Waals surface area contributed by atoms with Crippen LogP contribution < -0.4 is 0 Å². The standard InChI is InChI=1S/C11H21NO3/c1-11(2,3)15-10(13)12-8-6-4-5-7-9-14-12/h4-9H2,1-3H3. The third kappa shape index (κ3) is 5.02. The number of nitrogens with zero attached hydrogens (tertiary/aromatic N) is 1. The molecule has 1 fully saturated rings. The summed E-state index contributed by atoms with van der Waals surface area (Å²) in [4.78, 5) is 17.0. The van der Waals surface area contributed by atoms with Crippen LogP contribution in [0, 0.1) is 0 Å². The molecule has 0 radical (unpaired) electrons. The van der Waals surface area contributed by atoms with E-state index in [9.17, 15) is 4.79 Å². The number of amides is 1. The van der Waals surface area contributed by atoms with Crippen molar-refractivity contribution in [1.29, 1.82) is 0 Å². The van der Waals surface area contributed by atoms with Crippen LogP contribution in [0.15, 0.2) is 0 Å². The fourth-order valence-electron chi connectivity index (χ4n) is 1.41. The van der Waals surface area contributed by atoms with Gasteiger partial charge in [0.25, 0.3) is 0 Å². The molecule has 1 rings (SSSR count). The first-order valence-electron chi connectivity index (χ1n) is 5.62. The van der Waals surface area contributed by atoms with Crippen molar-refractivity contribution in [3.63, 3.8) is 0 Å². The first-order chi connectivity index (χ1) is 6.99. The fourth-order valence-corrected chi connectivity index (χ4v) is 1.41. The Morgan fingerprint density at radius 2 is 1.87 bits per heavy atom. The summed E-state index contributed by atoms with van der Waals surface area (Å²) < 4.78 is 5.24. The van der Waals surface area contributed by atoms with Crippen LogP contribution in [0.3, 0.4) is 0 Å². The first kappa shape index (κ1) is 12.3. The Morgan fingerprint density at radius 3 is 2.53 bits per heavy atom. The summed E-state index contributed by atoms with van der Waals surface area (Å²) in [7, 11) is 0. The molecule has 0 aromatic carbocycles. The quantitative estimate of drug-likeness (QED) is 0.623. The van der Waals surface area contributed by atoms with Gasteiger partial charge in [-0.25, -0.2) is 4.79 Å². The lowest BCUT2D eigenvalue weighted by atomic mass is 10.2. The van der Waals surface area contributed by atoms with Gasteiger partial charge in [-0.3, -0.25) is 4.84 Å². The monoisotopic (exact) mass is 215 g/mol. The minimum Gasteiger partial charge on any atom is -0.442 e. The van der Waals surface area contributed by atoms with Crippen LogP contribution in [0.2, 0.25) is 0 Å². The Hall–Kier alpha value is -0.770. The van der Waals surface area contributed by atoms with Crippen molar-refractivity contribution in [2.45, 2.75) is 52.1 Å². The van der Waals surface area contributed by atoms with E-state index in [-0.39, 0.29) is 6.09 Å². The molecule has 0 atom stereocenters. The number of hydroxylamine groups is 2. The van der Waals surface area contributed by atoms with Crippen LogP contribution in [0.4, 0.5) is 4.79 Å². The van der Waals surface area contributed by atoms with Crippen molar-refractivity contribution in [3.8, 4) is 0 Å². The van der Waals surface area contributed by atoms with Gasteiger partial charge in [-0.15, -0.1) is 0 Å². The highest BCUT2D eigenvalue weighted by Gasteiger charge is 2.23. The summed E-state index contributed by atoms with van der Waals surface area (Å²) in [6.07, 6.45) is 3.97. The topological polar surface area (TPSA) is 38.8 Å². The zero-order valence-corrected chi connectivity index (χ0v) is 9.91. The van der Waals surface area contributed by atoms with E-state index in [1.54, 1.807) is 0 Å². The molecule has 0 aliphatic carbocycles. The Balaban J connectivity index is 2.42. The Morgan fingerprint density at radius 1 is 1.20 bits per heavy atom. The van der Waals surface area contributed by atoms with E-state index >= 15 is 0 Å². The lowest BCUT2D eigenvalue weighted by molar-refractivity contribution is -0.152.